The molecule has 0 radical (unpaired) electrons. The Morgan fingerprint density at radius 3 is 2.12 bits per heavy atom. The fourth-order valence-electron chi connectivity index (χ4n) is 5.71. The third-order valence-corrected chi connectivity index (χ3v) is 10.1. The van der Waals surface area contributed by atoms with Crippen molar-refractivity contribution in [1.29, 1.82) is 0 Å². The van der Waals surface area contributed by atoms with Crippen LogP contribution in [0.2, 0.25) is 0 Å². The summed E-state index contributed by atoms with van der Waals surface area (Å²) in [7, 11) is 0. The molecule has 1 saturated carbocycles. The van der Waals surface area contributed by atoms with Crippen LogP contribution in [0, 0.1) is 16.7 Å². The minimum Gasteiger partial charge on any atom is -0.363 e. The Labute approximate surface area is 288 Å². The lowest BCUT2D eigenvalue weighted by Crippen LogP contribution is -2.61. The van der Waals surface area contributed by atoms with E-state index >= 15 is 0 Å². The second-order valence-corrected chi connectivity index (χ2v) is 16.3. The molecule has 1 aliphatic heterocycles. The maximum absolute atomic E-state index is 14.0. The first-order valence-electron chi connectivity index (χ1n) is 17.0. The molecule has 1 heterocycles. The van der Waals surface area contributed by atoms with E-state index in [9.17, 15) is 32.7 Å². The molecule has 5 atom stereocenters. The van der Waals surface area contributed by atoms with E-state index in [1.807, 2.05) is 55.4 Å². The molecule has 2 rings (SSSR count). The van der Waals surface area contributed by atoms with Gasteiger partial charge in [-0.05, 0) is 49.9 Å². The van der Waals surface area contributed by atoms with Crippen LogP contribution in [0.4, 0.5) is 4.79 Å². The summed E-state index contributed by atoms with van der Waals surface area (Å²) in [6, 6.07) is -4.12. The standard InChI is InChI=1S/C33H59N7O7S/c1-21(2)40(48(46)47)19-17-35-20-25(32(3,4)5)37-31(45)38-27(33(6,7)8)30(44)39-18-11-16-24(39)29(43)36-23(26(41)28(34)42)15-10-14-22-12-9-13-22/h10,15,21-25,27,35H,9,11-14,16-20H2,1-8H3,(H2,34,42)(H,36,43)(H,46,47)(H2,37,38,45)/b15-10+/t23?,24-,25+,27+/m0/s1. The number of likely N-dealkylation sites (tertiary alicyclic amines) is 1. The lowest BCUT2D eigenvalue weighted by molar-refractivity contribution is -0.143. The highest BCUT2D eigenvalue weighted by Gasteiger charge is 2.43. The topological polar surface area (TPSA) is 203 Å². The Balaban J connectivity index is 2.11. The molecule has 1 saturated heterocycles. The Kier molecular flexibility index (Phi) is 15.7. The molecule has 274 valence electrons. The van der Waals surface area contributed by atoms with E-state index in [1.54, 1.807) is 6.08 Å². The van der Waals surface area contributed by atoms with Gasteiger partial charge in [0.25, 0.3) is 5.91 Å². The molecule has 2 fully saturated rings. The largest absolute Gasteiger partial charge is 0.363 e. The van der Waals surface area contributed by atoms with Gasteiger partial charge in [0, 0.05) is 38.3 Å². The molecule has 0 spiro atoms. The molecular weight excluding hydrogens is 638 g/mol. The second kappa shape index (κ2) is 18.2. The number of primary amides is 1. The van der Waals surface area contributed by atoms with Crippen molar-refractivity contribution in [1.82, 2.24) is 30.5 Å². The zero-order valence-corrected chi connectivity index (χ0v) is 30.8. The van der Waals surface area contributed by atoms with Crippen molar-refractivity contribution in [3.63, 3.8) is 0 Å². The van der Waals surface area contributed by atoms with E-state index in [-0.39, 0.29) is 17.5 Å². The molecule has 0 aromatic carbocycles. The van der Waals surface area contributed by atoms with Gasteiger partial charge in [-0.3, -0.25) is 23.7 Å². The zero-order chi connectivity index (χ0) is 36.4. The highest BCUT2D eigenvalue weighted by atomic mass is 32.2. The normalized spacial score (nSPS) is 19.9. The molecule has 2 unspecified atom stereocenters. The van der Waals surface area contributed by atoms with E-state index in [0.717, 1.165) is 19.3 Å². The van der Waals surface area contributed by atoms with Crippen molar-refractivity contribution >= 4 is 40.8 Å². The molecule has 1 aliphatic carbocycles. The molecule has 0 bridgehead atoms. The smallest absolute Gasteiger partial charge is 0.315 e. The summed E-state index contributed by atoms with van der Waals surface area (Å²) >= 11 is -2.09. The van der Waals surface area contributed by atoms with Crippen LogP contribution in [-0.2, 0) is 30.4 Å². The van der Waals surface area contributed by atoms with Gasteiger partial charge in [-0.2, -0.15) is 4.31 Å². The molecule has 2 aliphatic rings. The summed E-state index contributed by atoms with van der Waals surface area (Å²) < 4.78 is 22.5. The monoisotopic (exact) mass is 697 g/mol. The number of nitrogens with one attached hydrogen (secondary N) is 4. The Hall–Kier alpha value is -2.88. The van der Waals surface area contributed by atoms with E-state index < -0.39 is 64.3 Å². The van der Waals surface area contributed by atoms with Crippen LogP contribution in [0.5, 0.6) is 0 Å². The van der Waals surface area contributed by atoms with E-state index in [1.165, 1.54) is 21.7 Å². The van der Waals surface area contributed by atoms with Gasteiger partial charge >= 0.3 is 6.03 Å². The number of rotatable bonds is 17. The van der Waals surface area contributed by atoms with Gasteiger partial charge in [0.2, 0.25) is 28.9 Å². The fourth-order valence-corrected chi connectivity index (χ4v) is 6.32. The van der Waals surface area contributed by atoms with Crippen LogP contribution in [0.15, 0.2) is 12.2 Å². The SMILES string of the molecule is CC(C)N(CCNC[C@@H](NC(=O)N[C@H](C(=O)N1CCC[C@H]1C(=O)NC(/C=C/CC1CCC1)C(=O)C(N)=O)C(C)(C)C)C(C)(C)C)S(=O)O. The van der Waals surface area contributed by atoms with Gasteiger partial charge < -0.3 is 31.9 Å². The number of hydrogen-bond donors (Lipinski definition) is 6. The van der Waals surface area contributed by atoms with Crippen molar-refractivity contribution in [2.24, 2.45) is 22.5 Å². The third-order valence-electron chi connectivity index (χ3n) is 9.06. The molecule has 14 nitrogen and oxygen atoms in total. The summed E-state index contributed by atoms with van der Waals surface area (Å²) in [5, 5.41) is 11.7. The first kappa shape index (κ1) is 41.3. The minimum atomic E-state index is -2.09. The maximum Gasteiger partial charge on any atom is 0.315 e. The highest BCUT2D eigenvalue weighted by Crippen LogP contribution is 2.30. The van der Waals surface area contributed by atoms with Crippen molar-refractivity contribution in [3.05, 3.63) is 12.2 Å². The highest BCUT2D eigenvalue weighted by molar-refractivity contribution is 7.76. The van der Waals surface area contributed by atoms with Crippen molar-refractivity contribution in [2.75, 3.05) is 26.2 Å². The number of Topliss-reactive ketones (excluding diaryl/α,β-unsaturated/α-hetero) is 1. The number of nitrogens with two attached hydrogens (primary N) is 1. The number of amides is 5. The predicted molar refractivity (Wildman–Crippen MR) is 186 cm³/mol. The number of urea groups is 1. The Morgan fingerprint density at radius 1 is 0.979 bits per heavy atom. The summed E-state index contributed by atoms with van der Waals surface area (Å²) in [5.41, 5.74) is 4.17. The molecule has 48 heavy (non-hydrogen) atoms. The Morgan fingerprint density at radius 2 is 1.62 bits per heavy atom. The van der Waals surface area contributed by atoms with Gasteiger partial charge in [-0.15, -0.1) is 0 Å². The summed E-state index contributed by atoms with van der Waals surface area (Å²) in [6.07, 6.45) is 8.32. The Bertz CT molecular complexity index is 1190. The summed E-state index contributed by atoms with van der Waals surface area (Å²) in [5.74, 6) is -2.55. The van der Waals surface area contributed by atoms with Crippen LogP contribution in [-0.4, -0.2) is 104 Å². The van der Waals surface area contributed by atoms with E-state index in [0.29, 0.717) is 44.9 Å². The lowest BCUT2D eigenvalue weighted by atomic mass is 9.83. The van der Waals surface area contributed by atoms with Crippen LogP contribution in [0.3, 0.4) is 0 Å². The van der Waals surface area contributed by atoms with Crippen molar-refractivity contribution < 1.29 is 32.7 Å². The molecule has 0 aromatic rings. The van der Waals surface area contributed by atoms with Gasteiger partial charge in [0.1, 0.15) is 18.1 Å². The van der Waals surface area contributed by atoms with Gasteiger partial charge in [0.15, 0.2) is 0 Å². The average Bonchev–Trinajstić information content (AvgIpc) is 3.43. The van der Waals surface area contributed by atoms with Crippen LogP contribution < -0.4 is 27.0 Å². The predicted octanol–water partition coefficient (Wildman–Crippen LogP) is 1.83. The molecule has 15 heteroatoms. The molecule has 0 aromatic heterocycles. The fraction of sp³-hybridized carbons (Fsp3) is 0.788. The van der Waals surface area contributed by atoms with Gasteiger partial charge in [-0.1, -0.05) is 73.0 Å². The number of nitrogens with zero attached hydrogens (tertiary/aromatic N) is 2. The zero-order valence-electron chi connectivity index (χ0n) is 30.0. The van der Waals surface area contributed by atoms with Crippen molar-refractivity contribution in [3.8, 4) is 0 Å². The maximum atomic E-state index is 14.0. The van der Waals surface area contributed by atoms with Gasteiger partial charge in [-0.25, -0.2) is 9.00 Å². The summed E-state index contributed by atoms with van der Waals surface area (Å²) in [4.78, 5) is 66.6. The third kappa shape index (κ3) is 12.5. The molecular formula is C33H59N7O7S. The van der Waals surface area contributed by atoms with Crippen LogP contribution in [0.1, 0.15) is 93.9 Å². The van der Waals surface area contributed by atoms with Crippen LogP contribution in [0.25, 0.3) is 0 Å². The first-order valence-corrected chi connectivity index (χ1v) is 18.1. The average molecular weight is 698 g/mol. The first-order chi connectivity index (χ1) is 22.2. The van der Waals surface area contributed by atoms with Crippen molar-refractivity contribution in [2.45, 2.75) is 124 Å². The number of allylic oxidation sites excluding steroid dienone is 1. The molecule has 5 amide bonds. The number of ketones is 1. The quantitative estimate of drug-likeness (QED) is 0.0572. The minimum absolute atomic E-state index is 0.120. The number of hydrogen-bond acceptors (Lipinski definition) is 7. The number of carbonyl (C=O) groups is 5. The summed E-state index contributed by atoms with van der Waals surface area (Å²) in [6.45, 7) is 16.5. The van der Waals surface area contributed by atoms with Gasteiger partial charge in [0.05, 0.1) is 0 Å². The van der Waals surface area contributed by atoms with E-state index in [4.69, 9.17) is 5.73 Å². The lowest BCUT2D eigenvalue weighted by Gasteiger charge is -2.37. The molecule has 7 N–H and O–H groups in total. The van der Waals surface area contributed by atoms with E-state index in [2.05, 4.69) is 21.3 Å². The van der Waals surface area contributed by atoms with Crippen LogP contribution >= 0.6 is 0 Å². The second-order valence-electron chi connectivity index (χ2n) is 15.4. The number of carbonyl (C=O) groups excluding carboxylic acids is 5.